The summed E-state index contributed by atoms with van der Waals surface area (Å²) in [5, 5.41) is 8.52. The first-order valence-electron chi connectivity index (χ1n) is 13.6. The van der Waals surface area contributed by atoms with Crippen molar-refractivity contribution >= 4 is 28.6 Å². The first-order chi connectivity index (χ1) is 19.2. The van der Waals surface area contributed by atoms with Crippen LogP contribution in [0.1, 0.15) is 42.0 Å². The molecule has 0 aliphatic heterocycles. The average molecular weight is 553 g/mol. The van der Waals surface area contributed by atoms with Gasteiger partial charge in [0.05, 0.1) is 23.9 Å². The molecule has 2 aromatic carbocycles. The predicted molar refractivity (Wildman–Crippen MR) is 167 cm³/mol. The number of nitrogens with zero attached hydrogens (tertiary/aromatic N) is 5. The van der Waals surface area contributed by atoms with Crippen molar-refractivity contribution in [2.75, 3.05) is 18.1 Å². The third-order valence-electron chi connectivity index (χ3n) is 7.00. The number of amides is 1. The van der Waals surface area contributed by atoms with Crippen LogP contribution in [-0.4, -0.2) is 56.8 Å². The van der Waals surface area contributed by atoms with E-state index in [0.717, 1.165) is 50.9 Å². The lowest BCUT2D eigenvalue weighted by molar-refractivity contribution is -0.109. The monoisotopic (exact) mass is 552 g/mol. The molecule has 2 atom stereocenters. The number of fused-ring (bicyclic) bond motifs is 2. The highest BCUT2D eigenvalue weighted by Gasteiger charge is 2.23. The quantitative estimate of drug-likeness (QED) is 0.202. The van der Waals surface area contributed by atoms with Gasteiger partial charge in [0.25, 0.3) is 0 Å². The van der Waals surface area contributed by atoms with Crippen molar-refractivity contribution in [3.05, 3.63) is 79.4 Å². The fraction of sp³-hybridized carbons (Fsp3) is 0.333. The van der Waals surface area contributed by atoms with E-state index in [2.05, 4.69) is 85.2 Å². The van der Waals surface area contributed by atoms with E-state index in [0.29, 0.717) is 13.2 Å². The highest BCUT2D eigenvalue weighted by Crippen LogP contribution is 2.31. The lowest BCUT2D eigenvalue weighted by Crippen LogP contribution is -2.48. The molecule has 0 aliphatic carbocycles. The minimum atomic E-state index is -0.226. The Balaban J connectivity index is 0.00000387. The fourth-order valence-corrected chi connectivity index (χ4v) is 5.08. The summed E-state index contributed by atoms with van der Waals surface area (Å²) in [5.41, 5.74) is 6.63. The number of anilines is 1. The molecule has 3 heterocycles. The molecule has 1 N–H and O–H groups in total. The van der Waals surface area contributed by atoms with Crippen LogP contribution in [0, 0.1) is 0 Å². The molecule has 41 heavy (non-hydrogen) atoms. The number of nitrogens with one attached hydrogen (secondary N) is 1. The van der Waals surface area contributed by atoms with Gasteiger partial charge in [0, 0.05) is 59.4 Å². The number of benzene rings is 2. The SMILES string of the molecule is C.CC(CNC=O)N(c1ccc(-c2cnc3c(-c4ccnc5ccccc45)cnn3c2)cc1)C(C)COC(C)(C)C. The Hall–Kier alpha value is -4.30. The van der Waals surface area contributed by atoms with Gasteiger partial charge in [-0.15, -0.1) is 0 Å². The van der Waals surface area contributed by atoms with Gasteiger partial charge in [-0.2, -0.15) is 5.10 Å². The van der Waals surface area contributed by atoms with Gasteiger partial charge >= 0.3 is 0 Å². The topological polar surface area (TPSA) is 84.7 Å². The molecular weight excluding hydrogens is 512 g/mol. The molecule has 1 amide bonds. The summed E-state index contributed by atoms with van der Waals surface area (Å²) < 4.78 is 7.92. The smallest absolute Gasteiger partial charge is 0.207 e. The molecule has 0 saturated carbocycles. The van der Waals surface area contributed by atoms with Crippen molar-refractivity contribution in [2.24, 2.45) is 0 Å². The van der Waals surface area contributed by atoms with E-state index in [9.17, 15) is 4.79 Å². The summed E-state index contributed by atoms with van der Waals surface area (Å²) in [6.07, 6.45) is 8.34. The molecule has 0 saturated heterocycles. The maximum atomic E-state index is 11.0. The van der Waals surface area contributed by atoms with Crippen molar-refractivity contribution in [2.45, 2.75) is 59.7 Å². The molecule has 3 aromatic heterocycles. The Morgan fingerprint density at radius 2 is 1.71 bits per heavy atom. The molecule has 0 radical (unpaired) electrons. The van der Waals surface area contributed by atoms with Crippen LogP contribution in [0.2, 0.25) is 0 Å². The molecule has 5 aromatic rings. The number of para-hydroxylation sites is 1. The van der Waals surface area contributed by atoms with Gasteiger partial charge in [-0.05, 0) is 70.0 Å². The molecule has 5 rings (SSSR count). The molecule has 0 spiro atoms. The maximum Gasteiger partial charge on any atom is 0.207 e. The summed E-state index contributed by atoms with van der Waals surface area (Å²) in [6.45, 7) is 11.5. The van der Waals surface area contributed by atoms with Crippen LogP contribution in [0.5, 0.6) is 0 Å². The van der Waals surface area contributed by atoms with E-state index in [1.807, 2.05) is 53.6 Å². The molecule has 0 aliphatic rings. The second kappa shape index (κ2) is 12.5. The zero-order valence-corrected chi connectivity index (χ0v) is 23.7. The maximum absolute atomic E-state index is 11.0. The second-order valence-corrected chi connectivity index (χ2v) is 11.1. The van der Waals surface area contributed by atoms with Crippen molar-refractivity contribution < 1.29 is 9.53 Å². The first kappa shape index (κ1) is 29.7. The summed E-state index contributed by atoms with van der Waals surface area (Å²) >= 11 is 0. The Morgan fingerprint density at radius 3 is 2.44 bits per heavy atom. The molecule has 2 unspecified atom stereocenters. The lowest BCUT2D eigenvalue weighted by Gasteiger charge is -2.38. The zero-order valence-electron chi connectivity index (χ0n) is 23.7. The molecule has 0 bridgehead atoms. The predicted octanol–water partition coefficient (Wildman–Crippen LogP) is 6.39. The van der Waals surface area contributed by atoms with Gasteiger partial charge in [0.2, 0.25) is 6.41 Å². The molecule has 214 valence electrons. The van der Waals surface area contributed by atoms with Crippen LogP contribution in [0.3, 0.4) is 0 Å². The normalized spacial score (nSPS) is 13.0. The average Bonchev–Trinajstić information content (AvgIpc) is 3.38. The number of aromatic nitrogens is 4. The number of pyridine rings is 1. The van der Waals surface area contributed by atoms with E-state index in [-0.39, 0.29) is 25.1 Å². The minimum Gasteiger partial charge on any atom is -0.374 e. The van der Waals surface area contributed by atoms with Gasteiger partial charge in [-0.25, -0.2) is 9.50 Å². The molecular formula is C33H40N6O2. The Bertz CT molecular complexity index is 1600. The molecule has 8 nitrogen and oxygen atoms in total. The van der Waals surface area contributed by atoms with Crippen LogP contribution in [0.15, 0.2) is 79.4 Å². The van der Waals surface area contributed by atoms with E-state index in [1.54, 1.807) is 0 Å². The Labute approximate surface area is 242 Å². The van der Waals surface area contributed by atoms with Crippen LogP contribution in [-0.2, 0) is 9.53 Å². The van der Waals surface area contributed by atoms with Crippen molar-refractivity contribution in [3.63, 3.8) is 0 Å². The van der Waals surface area contributed by atoms with Gasteiger partial charge < -0.3 is 15.0 Å². The Morgan fingerprint density at radius 1 is 0.951 bits per heavy atom. The highest BCUT2D eigenvalue weighted by molar-refractivity contribution is 5.97. The van der Waals surface area contributed by atoms with E-state index < -0.39 is 0 Å². The van der Waals surface area contributed by atoms with Gasteiger partial charge in [-0.3, -0.25) is 9.78 Å². The van der Waals surface area contributed by atoms with Crippen molar-refractivity contribution in [1.82, 2.24) is 24.9 Å². The van der Waals surface area contributed by atoms with Crippen molar-refractivity contribution in [1.29, 1.82) is 0 Å². The summed E-state index contributed by atoms with van der Waals surface area (Å²) in [4.78, 5) is 22.6. The van der Waals surface area contributed by atoms with E-state index in [1.165, 1.54) is 0 Å². The standard InChI is InChI=1S/C32H36N6O2.CH4/c1-22(16-33-21-39)38(23(2)20-40-32(3,4)5)26-12-10-24(11-13-26)25-17-35-31-29(18-36-37(31)19-25)27-14-15-34-30-9-7-6-8-28(27)30;/h6-15,17-19,21-23H,16,20H2,1-5H3,(H,33,39);1H4. The lowest BCUT2D eigenvalue weighted by atomic mass is 10.0. The number of carbonyl (C=O) groups excluding carboxylic acids is 1. The van der Waals surface area contributed by atoms with Gasteiger partial charge in [0.1, 0.15) is 0 Å². The first-order valence-corrected chi connectivity index (χ1v) is 13.6. The fourth-order valence-electron chi connectivity index (χ4n) is 5.08. The number of hydrogen-bond acceptors (Lipinski definition) is 6. The minimum absolute atomic E-state index is 0. The number of ether oxygens (including phenoxy) is 1. The van der Waals surface area contributed by atoms with Crippen LogP contribution >= 0.6 is 0 Å². The van der Waals surface area contributed by atoms with E-state index >= 15 is 0 Å². The largest absolute Gasteiger partial charge is 0.374 e. The summed E-state index contributed by atoms with van der Waals surface area (Å²) in [7, 11) is 0. The summed E-state index contributed by atoms with van der Waals surface area (Å²) in [5.74, 6) is 0. The van der Waals surface area contributed by atoms with Crippen LogP contribution in [0.25, 0.3) is 38.8 Å². The Kier molecular flexibility index (Phi) is 9.03. The van der Waals surface area contributed by atoms with Gasteiger partial charge in [-0.1, -0.05) is 37.8 Å². The molecule has 8 heteroatoms. The summed E-state index contributed by atoms with van der Waals surface area (Å²) in [6, 6.07) is 18.7. The number of hydrogen-bond donors (Lipinski definition) is 1. The third kappa shape index (κ3) is 6.55. The van der Waals surface area contributed by atoms with Crippen molar-refractivity contribution in [3.8, 4) is 22.3 Å². The van der Waals surface area contributed by atoms with Crippen LogP contribution < -0.4 is 10.2 Å². The highest BCUT2D eigenvalue weighted by atomic mass is 16.5. The van der Waals surface area contributed by atoms with Crippen LogP contribution in [0.4, 0.5) is 5.69 Å². The third-order valence-corrected chi connectivity index (χ3v) is 7.00. The van der Waals surface area contributed by atoms with Gasteiger partial charge in [0.15, 0.2) is 5.65 Å². The molecule has 0 fully saturated rings. The number of carbonyl (C=O) groups is 1. The number of rotatable bonds is 10. The second-order valence-electron chi connectivity index (χ2n) is 11.1. The zero-order chi connectivity index (χ0) is 28.3. The van der Waals surface area contributed by atoms with E-state index in [4.69, 9.17) is 9.72 Å².